The minimum atomic E-state index is -4.45. The van der Waals surface area contributed by atoms with Gasteiger partial charge in [-0.05, 0) is 22.0 Å². The van der Waals surface area contributed by atoms with Gasteiger partial charge in [-0.25, -0.2) is 4.98 Å². The Morgan fingerprint density at radius 1 is 1.28 bits per heavy atom. The van der Waals surface area contributed by atoms with Crippen LogP contribution >= 0.6 is 27.3 Å². The number of aliphatic hydroxyl groups excluding tert-OH is 1. The van der Waals surface area contributed by atoms with Crippen LogP contribution in [0.2, 0.25) is 0 Å². The molecule has 0 bridgehead atoms. The summed E-state index contributed by atoms with van der Waals surface area (Å²) in [6.07, 6.45) is -4.45. The van der Waals surface area contributed by atoms with Crippen molar-refractivity contribution in [1.29, 1.82) is 0 Å². The van der Waals surface area contributed by atoms with Gasteiger partial charge in [-0.15, -0.1) is 11.3 Å². The molecule has 0 atom stereocenters. The number of thiazole rings is 1. The smallest absolute Gasteiger partial charge is 0.391 e. The standard InChI is InChI=1S/C11H7BrF3NOS/c12-10-16-9(8(5-17)18-10)6-3-1-2-4-7(6)11(13,14)15/h1-4,17H,5H2. The Labute approximate surface area is 113 Å². The van der Waals surface area contributed by atoms with Crippen LogP contribution in [0.1, 0.15) is 10.4 Å². The van der Waals surface area contributed by atoms with Crippen molar-refractivity contribution < 1.29 is 18.3 Å². The van der Waals surface area contributed by atoms with Gasteiger partial charge >= 0.3 is 6.18 Å². The van der Waals surface area contributed by atoms with Gasteiger partial charge in [0.05, 0.1) is 22.7 Å². The first-order valence-corrected chi connectivity index (χ1v) is 6.47. The zero-order chi connectivity index (χ0) is 13.3. The van der Waals surface area contributed by atoms with Gasteiger partial charge in [-0.1, -0.05) is 18.2 Å². The SMILES string of the molecule is OCc1sc(Br)nc1-c1ccccc1C(F)(F)F. The molecule has 0 spiro atoms. The molecule has 0 aliphatic heterocycles. The van der Waals surface area contributed by atoms with Crippen molar-refractivity contribution in [3.8, 4) is 11.3 Å². The number of alkyl halides is 3. The van der Waals surface area contributed by atoms with E-state index in [9.17, 15) is 13.2 Å². The largest absolute Gasteiger partial charge is 0.417 e. The number of halogens is 4. The lowest BCUT2D eigenvalue weighted by Crippen LogP contribution is -2.07. The lowest BCUT2D eigenvalue weighted by Gasteiger charge is -2.11. The highest BCUT2D eigenvalue weighted by atomic mass is 79.9. The zero-order valence-electron chi connectivity index (χ0n) is 8.83. The molecular weight excluding hydrogens is 331 g/mol. The molecule has 0 saturated carbocycles. The Morgan fingerprint density at radius 3 is 2.56 bits per heavy atom. The molecule has 1 N–H and O–H groups in total. The van der Waals surface area contributed by atoms with Gasteiger partial charge in [0.1, 0.15) is 0 Å². The van der Waals surface area contributed by atoms with Gasteiger partial charge in [0, 0.05) is 5.56 Å². The summed E-state index contributed by atoms with van der Waals surface area (Å²) in [6, 6.07) is 5.19. The number of hydrogen-bond donors (Lipinski definition) is 1. The number of nitrogens with zero attached hydrogens (tertiary/aromatic N) is 1. The summed E-state index contributed by atoms with van der Waals surface area (Å²) < 4.78 is 39.1. The average molecular weight is 338 g/mol. The fourth-order valence-corrected chi connectivity index (χ4v) is 3.00. The second-order valence-electron chi connectivity index (χ2n) is 3.44. The quantitative estimate of drug-likeness (QED) is 0.895. The van der Waals surface area contributed by atoms with Gasteiger partial charge in [0.2, 0.25) is 0 Å². The van der Waals surface area contributed by atoms with Gasteiger partial charge < -0.3 is 5.11 Å². The number of benzene rings is 1. The summed E-state index contributed by atoms with van der Waals surface area (Å²) in [4.78, 5) is 4.40. The summed E-state index contributed by atoms with van der Waals surface area (Å²) in [5.74, 6) is 0. The molecule has 0 aliphatic rings. The third kappa shape index (κ3) is 2.57. The van der Waals surface area contributed by atoms with Gasteiger partial charge in [0.15, 0.2) is 3.92 Å². The van der Waals surface area contributed by atoms with Crippen molar-refractivity contribution in [3.63, 3.8) is 0 Å². The molecule has 0 unspecified atom stereocenters. The number of rotatable bonds is 2. The van der Waals surface area contributed by atoms with Crippen LogP contribution < -0.4 is 0 Å². The van der Waals surface area contributed by atoms with E-state index < -0.39 is 11.7 Å². The van der Waals surface area contributed by atoms with E-state index in [2.05, 4.69) is 20.9 Å². The topological polar surface area (TPSA) is 33.1 Å². The van der Waals surface area contributed by atoms with Crippen molar-refractivity contribution in [2.24, 2.45) is 0 Å². The van der Waals surface area contributed by atoms with Crippen LogP contribution in [0, 0.1) is 0 Å². The third-order valence-electron chi connectivity index (χ3n) is 2.30. The summed E-state index contributed by atoms with van der Waals surface area (Å²) in [6.45, 7) is -0.342. The Balaban J connectivity index is 2.64. The second-order valence-corrected chi connectivity index (χ2v) is 5.80. The molecule has 1 aromatic heterocycles. The van der Waals surface area contributed by atoms with E-state index in [1.54, 1.807) is 0 Å². The van der Waals surface area contributed by atoms with E-state index in [1.165, 1.54) is 18.2 Å². The van der Waals surface area contributed by atoms with E-state index >= 15 is 0 Å². The van der Waals surface area contributed by atoms with Crippen LogP contribution in [0.3, 0.4) is 0 Å². The molecule has 0 radical (unpaired) electrons. The van der Waals surface area contributed by atoms with Crippen LogP contribution in [0.15, 0.2) is 28.2 Å². The summed E-state index contributed by atoms with van der Waals surface area (Å²) >= 11 is 4.23. The minimum absolute atomic E-state index is 0.0176. The first kappa shape index (κ1) is 13.5. The zero-order valence-corrected chi connectivity index (χ0v) is 11.2. The fraction of sp³-hybridized carbons (Fsp3) is 0.182. The molecule has 0 saturated heterocycles. The first-order chi connectivity index (χ1) is 8.43. The highest BCUT2D eigenvalue weighted by molar-refractivity contribution is 9.11. The number of aliphatic hydroxyl groups is 1. The maximum absolute atomic E-state index is 12.9. The fourth-order valence-electron chi connectivity index (χ4n) is 1.58. The predicted molar refractivity (Wildman–Crippen MR) is 66.2 cm³/mol. The number of hydrogen-bond acceptors (Lipinski definition) is 3. The molecule has 0 aliphatic carbocycles. The Kier molecular flexibility index (Phi) is 3.74. The summed E-state index contributed by atoms with van der Waals surface area (Å²) in [7, 11) is 0. The molecule has 7 heteroatoms. The lowest BCUT2D eigenvalue weighted by atomic mass is 10.0. The van der Waals surface area contributed by atoms with Crippen molar-refractivity contribution in [2.75, 3.05) is 0 Å². The number of aromatic nitrogens is 1. The van der Waals surface area contributed by atoms with Gasteiger partial charge in [-0.2, -0.15) is 13.2 Å². The maximum atomic E-state index is 12.9. The van der Waals surface area contributed by atoms with Gasteiger partial charge in [0.25, 0.3) is 0 Å². The van der Waals surface area contributed by atoms with Crippen molar-refractivity contribution in [2.45, 2.75) is 12.8 Å². The Hall–Kier alpha value is -0.920. The molecule has 96 valence electrons. The van der Waals surface area contributed by atoms with Crippen LogP contribution in [-0.4, -0.2) is 10.1 Å². The maximum Gasteiger partial charge on any atom is 0.417 e. The minimum Gasteiger partial charge on any atom is -0.391 e. The van der Waals surface area contributed by atoms with Crippen LogP contribution in [0.4, 0.5) is 13.2 Å². The van der Waals surface area contributed by atoms with Crippen molar-refractivity contribution in [1.82, 2.24) is 4.98 Å². The van der Waals surface area contributed by atoms with Crippen LogP contribution in [0.25, 0.3) is 11.3 Å². The summed E-state index contributed by atoms with van der Waals surface area (Å²) in [5.41, 5.74) is -0.601. The van der Waals surface area contributed by atoms with E-state index in [-0.39, 0.29) is 17.9 Å². The molecule has 18 heavy (non-hydrogen) atoms. The Morgan fingerprint density at radius 2 is 1.94 bits per heavy atom. The van der Waals surface area contributed by atoms with Crippen molar-refractivity contribution >= 4 is 27.3 Å². The highest BCUT2D eigenvalue weighted by Gasteiger charge is 2.34. The molecular formula is C11H7BrF3NOS. The molecule has 0 fully saturated rings. The Bertz CT molecular complexity index is 568. The average Bonchev–Trinajstić information content (AvgIpc) is 2.69. The van der Waals surface area contributed by atoms with E-state index in [0.717, 1.165) is 17.4 Å². The molecule has 0 amide bonds. The van der Waals surface area contributed by atoms with E-state index in [4.69, 9.17) is 5.11 Å². The first-order valence-electron chi connectivity index (χ1n) is 4.86. The van der Waals surface area contributed by atoms with Crippen LogP contribution in [0.5, 0.6) is 0 Å². The molecule has 1 heterocycles. The highest BCUT2D eigenvalue weighted by Crippen LogP contribution is 2.39. The normalized spacial score (nSPS) is 11.8. The summed E-state index contributed by atoms with van der Waals surface area (Å²) in [5, 5.41) is 9.16. The van der Waals surface area contributed by atoms with Crippen molar-refractivity contribution in [3.05, 3.63) is 38.6 Å². The molecule has 1 aromatic carbocycles. The van der Waals surface area contributed by atoms with Gasteiger partial charge in [-0.3, -0.25) is 0 Å². The predicted octanol–water partition coefficient (Wildman–Crippen LogP) is 4.08. The van der Waals surface area contributed by atoms with E-state index in [0.29, 0.717) is 8.79 Å². The monoisotopic (exact) mass is 337 g/mol. The third-order valence-corrected chi connectivity index (χ3v) is 3.79. The molecule has 2 nitrogen and oxygen atoms in total. The van der Waals surface area contributed by atoms with Crippen LogP contribution in [-0.2, 0) is 12.8 Å². The van der Waals surface area contributed by atoms with E-state index in [1.807, 2.05) is 0 Å². The molecule has 2 aromatic rings. The lowest BCUT2D eigenvalue weighted by molar-refractivity contribution is -0.137. The molecule has 2 rings (SSSR count). The second kappa shape index (κ2) is 4.99.